The first kappa shape index (κ1) is 14.4. The Morgan fingerprint density at radius 2 is 1.74 bits per heavy atom. The van der Waals surface area contributed by atoms with Crippen LogP contribution in [0.5, 0.6) is 5.88 Å². The second-order valence-electron chi connectivity index (χ2n) is 3.76. The fourth-order valence-electron chi connectivity index (χ4n) is 1.66. The van der Waals surface area contributed by atoms with Crippen LogP contribution in [0, 0.1) is 0 Å². The highest BCUT2D eigenvalue weighted by molar-refractivity contribution is 6.44. The quantitative estimate of drug-likeness (QED) is 0.862. The van der Waals surface area contributed by atoms with Crippen LogP contribution >= 0.6 is 34.8 Å². The second kappa shape index (κ2) is 5.97. The number of pyridine rings is 1. The van der Waals surface area contributed by atoms with Crippen LogP contribution in [0.25, 0.3) is 11.1 Å². The van der Waals surface area contributed by atoms with Crippen molar-refractivity contribution >= 4 is 34.8 Å². The van der Waals surface area contributed by atoms with E-state index < -0.39 is 0 Å². The van der Waals surface area contributed by atoms with Crippen molar-refractivity contribution in [1.29, 1.82) is 0 Å². The molecule has 2 aromatic rings. The van der Waals surface area contributed by atoms with Gasteiger partial charge in [0.1, 0.15) is 0 Å². The number of halogens is 3. The highest BCUT2D eigenvalue weighted by Gasteiger charge is 2.14. The number of benzene rings is 1. The van der Waals surface area contributed by atoms with Crippen molar-refractivity contribution < 1.29 is 9.84 Å². The molecule has 0 atom stereocenters. The smallest absolute Gasteiger partial charge is 0.221 e. The molecular formula is C13H10Cl3NO2. The van der Waals surface area contributed by atoms with Crippen LogP contribution in [-0.2, 0) is 6.61 Å². The zero-order chi connectivity index (χ0) is 14.0. The Labute approximate surface area is 125 Å². The molecule has 19 heavy (non-hydrogen) atoms. The molecule has 0 aliphatic carbocycles. The summed E-state index contributed by atoms with van der Waals surface area (Å²) < 4.78 is 5.21. The zero-order valence-electron chi connectivity index (χ0n) is 9.95. The van der Waals surface area contributed by atoms with E-state index in [0.29, 0.717) is 37.8 Å². The minimum absolute atomic E-state index is 0.161. The fourth-order valence-corrected chi connectivity index (χ4v) is 2.30. The van der Waals surface area contributed by atoms with Crippen LogP contribution in [0.15, 0.2) is 24.3 Å². The van der Waals surface area contributed by atoms with Gasteiger partial charge in [0.25, 0.3) is 0 Å². The Morgan fingerprint density at radius 3 is 2.37 bits per heavy atom. The molecule has 0 amide bonds. The van der Waals surface area contributed by atoms with Crippen LogP contribution in [0.1, 0.15) is 5.69 Å². The molecule has 100 valence electrons. The van der Waals surface area contributed by atoms with E-state index in [9.17, 15) is 0 Å². The van der Waals surface area contributed by atoms with Gasteiger partial charge in [0, 0.05) is 11.1 Å². The number of nitrogens with zero attached hydrogens (tertiary/aromatic N) is 1. The molecule has 0 unspecified atom stereocenters. The number of hydrogen-bond acceptors (Lipinski definition) is 3. The molecular weight excluding hydrogens is 309 g/mol. The van der Waals surface area contributed by atoms with Crippen LogP contribution in [0.3, 0.4) is 0 Å². The first-order valence-electron chi connectivity index (χ1n) is 5.36. The monoisotopic (exact) mass is 317 g/mol. The van der Waals surface area contributed by atoms with Gasteiger partial charge in [-0.1, -0.05) is 34.8 Å². The third-order valence-corrected chi connectivity index (χ3v) is 3.61. The van der Waals surface area contributed by atoms with E-state index in [4.69, 9.17) is 44.6 Å². The van der Waals surface area contributed by atoms with Crippen LogP contribution in [0.4, 0.5) is 0 Å². The summed E-state index contributed by atoms with van der Waals surface area (Å²) in [5, 5.41) is 10.3. The molecule has 0 bridgehead atoms. The van der Waals surface area contributed by atoms with Gasteiger partial charge in [-0.2, -0.15) is 0 Å². The second-order valence-corrected chi connectivity index (χ2v) is 4.99. The molecule has 1 heterocycles. The van der Waals surface area contributed by atoms with Crippen LogP contribution < -0.4 is 4.74 Å². The minimum Gasteiger partial charge on any atom is -0.481 e. The Morgan fingerprint density at radius 1 is 1.05 bits per heavy atom. The van der Waals surface area contributed by atoms with Crippen molar-refractivity contribution in [2.45, 2.75) is 6.61 Å². The van der Waals surface area contributed by atoms with Crippen LogP contribution in [-0.4, -0.2) is 17.2 Å². The first-order valence-corrected chi connectivity index (χ1v) is 6.50. The van der Waals surface area contributed by atoms with Gasteiger partial charge in [-0.15, -0.1) is 0 Å². The van der Waals surface area contributed by atoms with Crippen molar-refractivity contribution in [2.24, 2.45) is 0 Å². The molecule has 2 rings (SSSR count). The molecule has 0 aliphatic rings. The average molecular weight is 319 g/mol. The van der Waals surface area contributed by atoms with Gasteiger partial charge < -0.3 is 9.84 Å². The van der Waals surface area contributed by atoms with Gasteiger partial charge in [0.15, 0.2) is 0 Å². The highest BCUT2D eigenvalue weighted by atomic mass is 35.5. The molecule has 0 saturated carbocycles. The highest BCUT2D eigenvalue weighted by Crippen LogP contribution is 2.38. The number of aliphatic hydroxyl groups excluding tert-OH is 1. The number of hydrogen-bond donors (Lipinski definition) is 1. The Bertz CT molecular complexity index is 617. The van der Waals surface area contributed by atoms with E-state index in [2.05, 4.69) is 4.98 Å². The van der Waals surface area contributed by atoms with Crippen molar-refractivity contribution in [3.8, 4) is 17.0 Å². The van der Waals surface area contributed by atoms with E-state index in [1.54, 1.807) is 24.3 Å². The topological polar surface area (TPSA) is 42.4 Å². The lowest BCUT2D eigenvalue weighted by atomic mass is 10.1. The predicted molar refractivity (Wildman–Crippen MR) is 77.2 cm³/mol. The lowest BCUT2D eigenvalue weighted by Crippen LogP contribution is -1.96. The summed E-state index contributed by atoms with van der Waals surface area (Å²) in [6.07, 6.45) is 0. The largest absolute Gasteiger partial charge is 0.481 e. The van der Waals surface area contributed by atoms with Gasteiger partial charge in [-0.25, -0.2) is 4.98 Å². The van der Waals surface area contributed by atoms with Crippen molar-refractivity contribution in [3.63, 3.8) is 0 Å². The van der Waals surface area contributed by atoms with E-state index in [1.807, 2.05) is 0 Å². The number of methoxy groups -OCH3 is 1. The minimum atomic E-state index is -0.161. The molecule has 0 spiro atoms. The maximum absolute atomic E-state index is 9.07. The van der Waals surface area contributed by atoms with Gasteiger partial charge in [-0.05, 0) is 24.3 Å². The molecule has 1 aromatic carbocycles. The van der Waals surface area contributed by atoms with Crippen molar-refractivity contribution in [2.75, 3.05) is 7.11 Å². The summed E-state index contributed by atoms with van der Waals surface area (Å²) in [5.74, 6) is 0.367. The SMILES string of the molecule is COc1nc(CO)ccc1-c1cc(Cl)c(Cl)cc1Cl. The number of ether oxygens (including phenoxy) is 1. The third kappa shape index (κ3) is 2.95. The van der Waals surface area contributed by atoms with Gasteiger partial charge in [0.05, 0.1) is 34.5 Å². The number of aromatic nitrogens is 1. The summed E-state index contributed by atoms with van der Waals surface area (Å²) in [7, 11) is 1.50. The molecule has 0 saturated heterocycles. The normalized spacial score (nSPS) is 10.6. The molecule has 1 aromatic heterocycles. The molecule has 6 heteroatoms. The summed E-state index contributed by atoms with van der Waals surface area (Å²) >= 11 is 18.1. The number of rotatable bonds is 3. The summed E-state index contributed by atoms with van der Waals surface area (Å²) in [5.41, 5.74) is 1.87. The van der Waals surface area contributed by atoms with Crippen LogP contribution in [0.2, 0.25) is 15.1 Å². The molecule has 0 aliphatic heterocycles. The third-order valence-electron chi connectivity index (χ3n) is 2.57. The molecule has 3 nitrogen and oxygen atoms in total. The lowest BCUT2D eigenvalue weighted by Gasteiger charge is -2.11. The molecule has 1 N–H and O–H groups in total. The molecule has 0 radical (unpaired) electrons. The maximum atomic E-state index is 9.07. The maximum Gasteiger partial charge on any atom is 0.221 e. The van der Waals surface area contributed by atoms with E-state index >= 15 is 0 Å². The molecule has 0 fully saturated rings. The van der Waals surface area contributed by atoms with Gasteiger partial charge >= 0.3 is 0 Å². The summed E-state index contributed by atoms with van der Waals surface area (Å²) in [6, 6.07) is 6.68. The lowest BCUT2D eigenvalue weighted by molar-refractivity contribution is 0.274. The first-order chi connectivity index (χ1) is 9.06. The Hall–Kier alpha value is -1.000. The van der Waals surface area contributed by atoms with E-state index in [0.717, 1.165) is 0 Å². The summed E-state index contributed by atoms with van der Waals surface area (Å²) in [6.45, 7) is -0.161. The van der Waals surface area contributed by atoms with Crippen molar-refractivity contribution in [3.05, 3.63) is 45.0 Å². The van der Waals surface area contributed by atoms with Crippen molar-refractivity contribution in [1.82, 2.24) is 4.98 Å². The van der Waals surface area contributed by atoms with Gasteiger partial charge in [-0.3, -0.25) is 0 Å². The van der Waals surface area contributed by atoms with E-state index in [1.165, 1.54) is 7.11 Å². The standard InChI is InChI=1S/C13H10Cl3NO2/c1-19-13-8(3-2-7(6-18)17-13)9-4-11(15)12(16)5-10(9)14/h2-5,18H,6H2,1H3. The fraction of sp³-hybridized carbons (Fsp3) is 0.154. The van der Waals surface area contributed by atoms with Gasteiger partial charge in [0.2, 0.25) is 5.88 Å². The average Bonchev–Trinajstić information content (AvgIpc) is 2.42. The number of aliphatic hydroxyl groups is 1. The zero-order valence-corrected chi connectivity index (χ0v) is 12.2. The van der Waals surface area contributed by atoms with E-state index in [-0.39, 0.29) is 6.61 Å². The predicted octanol–water partition coefficient (Wildman–Crippen LogP) is 4.21. The summed E-state index contributed by atoms with van der Waals surface area (Å²) in [4.78, 5) is 4.17. The Balaban J connectivity index is 2.61. The Kier molecular flexibility index (Phi) is 4.53.